The molecule has 2 heterocycles. The maximum atomic E-state index is 12.6. The van der Waals surface area contributed by atoms with E-state index in [0.717, 1.165) is 49.4 Å². The van der Waals surface area contributed by atoms with Crippen LogP contribution in [0.15, 0.2) is 36.4 Å². The summed E-state index contributed by atoms with van der Waals surface area (Å²) >= 11 is 0. The van der Waals surface area contributed by atoms with E-state index in [4.69, 9.17) is 4.74 Å². The van der Waals surface area contributed by atoms with Crippen LogP contribution >= 0.6 is 0 Å². The number of piperidine rings is 1. The molecule has 0 radical (unpaired) electrons. The molecule has 1 N–H and O–H groups in total. The van der Waals surface area contributed by atoms with Crippen molar-refractivity contribution in [1.29, 1.82) is 0 Å². The van der Waals surface area contributed by atoms with Crippen molar-refractivity contribution in [3.8, 4) is 11.3 Å². The SMILES string of the molecule is COCCNC(=O)C1(C)CCCN(Cc2cc(-c3ccccc3)nn2C)C1. The summed E-state index contributed by atoms with van der Waals surface area (Å²) in [5.74, 6) is 0.124. The zero-order chi connectivity index (χ0) is 19.3. The van der Waals surface area contributed by atoms with E-state index in [1.807, 2.05) is 29.9 Å². The lowest BCUT2D eigenvalue weighted by molar-refractivity contribution is -0.133. The summed E-state index contributed by atoms with van der Waals surface area (Å²) in [5.41, 5.74) is 2.93. The van der Waals surface area contributed by atoms with Gasteiger partial charge in [-0.05, 0) is 32.4 Å². The number of methoxy groups -OCH3 is 1. The number of aromatic nitrogens is 2. The van der Waals surface area contributed by atoms with Crippen LogP contribution in [0.25, 0.3) is 11.3 Å². The zero-order valence-corrected chi connectivity index (χ0v) is 16.6. The van der Waals surface area contributed by atoms with Crippen molar-refractivity contribution < 1.29 is 9.53 Å². The second-order valence-electron chi connectivity index (χ2n) is 7.63. The molecule has 0 bridgehead atoms. The average Bonchev–Trinajstić information content (AvgIpc) is 3.03. The minimum absolute atomic E-state index is 0.124. The first-order valence-corrected chi connectivity index (χ1v) is 9.60. The number of hydrogen-bond donors (Lipinski definition) is 1. The molecular formula is C21H30N4O2. The fraction of sp³-hybridized carbons (Fsp3) is 0.524. The number of rotatable bonds is 7. The minimum Gasteiger partial charge on any atom is -0.383 e. The predicted molar refractivity (Wildman–Crippen MR) is 106 cm³/mol. The highest BCUT2D eigenvalue weighted by atomic mass is 16.5. The van der Waals surface area contributed by atoms with Crippen molar-refractivity contribution in [2.24, 2.45) is 12.5 Å². The molecule has 0 aliphatic carbocycles. The molecule has 6 heteroatoms. The van der Waals surface area contributed by atoms with E-state index >= 15 is 0 Å². The van der Waals surface area contributed by atoms with E-state index < -0.39 is 0 Å². The van der Waals surface area contributed by atoms with E-state index in [1.54, 1.807) is 7.11 Å². The van der Waals surface area contributed by atoms with Crippen LogP contribution in [0.1, 0.15) is 25.5 Å². The first-order chi connectivity index (χ1) is 13.0. The van der Waals surface area contributed by atoms with Crippen LogP contribution in [0.4, 0.5) is 0 Å². The minimum atomic E-state index is -0.354. The first-order valence-electron chi connectivity index (χ1n) is 9.60. The van der Waals surface area contributed by atoms with E-state index in [0.29, 0.717) is 13.2 Å². The lowest BCUT2D eigenvalue weighted by Crippen LogP contribution is -2.50. The number of aryl methyl sites for hydroxylation is 1. The van der Waals surface area contributed by atoms with Gasteiger partial charge in [0.15, 0.2) is 0 Å². The maximum absolute atomic E-state index is 12.6. The van der Waals surface area contributed by atoms with Crippen LogP contribution in [0, 0.1) is 5.41 Å². The highest BCUT2D eigenvalue weighted by Crippen LogP contribution is 2.31. The summed E-state index contributed by atoms with van der Waals surface area (Å²) in [6, 6.07) is 12.4. The number of hydrogen-bond acceptors (Lipinski definition) is 4. The van der Waals surface area contributed by atoms with Gasteiger partial charge in [-0.15, -0.1) is 0 Å². The molecule has 1 amide bonds. The Bertz CT molecular complexity index is 759. The molecule has 27 heavy (non-hydrogen) atoms. The van der Waals surface area contributed by atoms with Crippen molar-refractivity contribution in [1.82, 2.24) is 20.0 Å². The van der Waals surface area contributed by atoms with Crippen molar-refractivity contribution in [3.05, 3.63) is 42.1 Å². The molecule has 1 saturated heterocycles. The molecule has 1 aromatic carbocycles. The van der Waals surface area contributed by atoms with Crippen molar-refractivity contribution in [2.45, 2.75) is 26.3 Å². The Morgan fingerprint density at radius 3 is 2.85 bits per heavy atom. The molecule has 1 unspecified atom stereocenters. The molecule has 1 aliphatic rings. The Kier molecular flexibility index (Phi) is 6.29. The Morgan fingerprint density at radius 2 is 2.11 bits per heavy atom. The summed E-state index contributed by atoms with van der Waals surface area (Å²) in [4.78, 5) is 15.0. The number of likely N-dealkylation sites (tertiary alicyclic amines) is 1. The molecular weight excluding hydrogens is 340 g/mol. The van der Waals surface area contributed by atoms with Gasteiger partial charge in [0, 0.05) is 39.4 Å². The van der Waals surface area contributed by atoms with E-state index in [1.165, 1.54) is 0 Å². The second kappa shape index (κ2) is 8.67. The fourth-order valence-corrected chi connectivity index (χ4v) is 3.78. The van der Waals surface area contributed by atoms with Gasteiger partial charge in [-0.25, -0.2) is 0 Å². The molecule has 0 spiro atoms. The summed E-state index contributed by atoms with van der Waals surface area (Å²) in [6.07, 6.45) is 1.94. The number of carbonyl (C=O) groups excluding carboxylic acids is 1. The maximum Gasteiger partial charge on any atom is 0.227 e. The summed E-state index contributed by atoms with van der Waals surface area (Å²) in [7, 11) is 3.64. The highest BCUT2D eigenvalue weighted by molar-refractivity contribution is 5.82. The molecule has 0 saturated carbocycles. The van der Waals surface area contributed by atoms with Gasteiger partial charge in [0.1, 0.15) is 0 Å². The average molecular weight is 370 g/mol. The normalized spacial score (nSPS) is 20.6. The van der Waals surface area contributed by atoms with Crippen LogP contribution in [-0.4, -0.2) is 53.9 Å². The van der Waals surface area contributed by atoms with Crippen LogP contribution < -0.4 is 5.32 Å². The van der Waals surface area contributed by atoms with Crippen LogP contribution in [0.3, 0.4) is 0 Å². The van der Waals surface area contributed by atoms with Gasteiger partial charge in [-0.1, -0.05) is 30.3 Å². The Hall–Kier alpha value is -2.18. The van der Waals surface area contributed by atoms with Gasteiger partial charge in [-0.3, -0.25) is 14.4 Å². The van der Waals surface area contributed by atoms with Gasteiger partial charge in [0.2, 0.25) is 5.91 Å². The van der Waals surface area contributed by atoms with E-state index in [-0.39, 0.29) is 11.3 Å². The third-order valence-electron chi connectivity index (χ3n) is 5.35. The molecule has 6 nitrogen and oxygen atoms in total. The molecule has 1 aliphatic heterocycles. The third kappa shape index (κ3) is 4.76. The lowest BCUT2D eigenvalue weighted by Gasteiger charge is -2.39. The molecule has 146 valence electrons. The van der Waals surface area contributed by atoms with Gasteiger partial charge < -0.3 is 10.1 Å². The van der Waals surface area contributed by atoms with Gasteiger partial charge in [0.05, 0.1) is 23.4 Å². The lowest BCUT2D eigenvalue weighted by atomic mass is 9.81. The van der Waals surface area contributed by atoms with Gasteiger partial charge >= 0.3 is 0 Å². The smallest absolute Gasteiger partial charge is 0.227 e. The van der Waals surface area contributed by atoms with Crippen LogP contribution in [0.5, 0.6) is 0 Å². The number of amides is 1. The molecule has 2 aromatic rings. The molecule has 1 fully saturated rings. The number of benzene rings is 1. The standard InChI is InChI=1S/C21H30N4O2/c1-21(20(26)22-11-13-27-3)10-7-12-25(16-21)15-18-14-19(23-24(18)2)17-8-5-4-6-9-17/h4-6,8-9,14H,7,10-13,15-16H2,1-3H3,(H,22,26). The predicted octanol–water partition coefficient (Wildman–Crippen LogP) is 2.45. The fourth-order valence-electron chi connectivity index (χ4n) is 3.78. The number of nitrogens with zero attached hydrogens (tertiary/aromatic N) is 3. The number of carbonyl (C=O) groups is 1. The van der Waals surface area contributed by atoms with Crippen molar-refractivity contribution in [2.75, 3.05) is 33.4 Å². The molecule has 1 aromatic heterocycles. The van der Waals surface area contributed by atoms with Crippen molar-refractivity contribution in [3.63, 3.8) is 0 Å². The number of ether oxygens (including phenoxy) is 1. The second-order valence-corrected chi connectivity index (χ2v) is 7.63. The quantitative estimate of drug-likeness (QED) is 0.761. The van der Waals surface area contributed by atoms with Gasteiger partial charge in [-0.2, -0.15) is 5.10 Å². The zero-order valence-electron chi connectivity index (χ0n) is 16.6. The Morgan fingerprint density at radius 1 is 1.33 bits per heavy atom. The molecule has 1 atom stereocenters. The van der Waals surface area contributed by atoms with Gasteiger partial charge in [0.25, 0.3) is 0 Å². The third-order valence-corrected chi connectivity index (χ3v) is 5.35. The summed E-state index contributed by atoms with van der Waals surface area (Å²) in [5, 5.41) is 7.67. The first kappa shape index (κ1) is 19.6. The largest absolute Gasteiger partial charge is 0.383 e. The van der Waals surface area contributed by atoms with Crippen molar-refractivity contribution >= 4 is 5.91 Å². The Labute approximate surface area is 161 Å². The number of nitrogens with one attached hydrogen (secondary N) is 1. The molecule has 3 rings (SSSR count). The highest BCUT2D eigenvalue weighted by Gasteiger charge is 2.37. The van der Waals surface area contributed by atoms with Crippen LogP contribution in [-0.2, 0) is 23.1 Å². The van der Waals surface area contributed by atoms with E-state index in [9.17, 15) is 4.79 Å². The van der Waals surface area contributed by atoms with Crippen LogP contribution in [0.2, 0.25) is 0 Å². The summed E-state index contributed by atoms with van der Waals surface area (Å²) < 4.78 is 6.98. The summed E-state index contributed by atoms with van der Waals surface area (Å²) in [6.45, 7) is 5.75. The topological polar surface area (TPSA) is 59.4 Å². The van der Waals surface area contributed by atoms with E-state index in [2.05, 4.69) is 40.4 Å². The monoisotopic (exact) mass is 370 g/mol. The Balaban J connectivity index is 1.65.